The molecule has 2 aromatic heterocycles. The molecule has 0 spiro atoms. The Morgan fingerprint density at radius 2 is 2.33 bits per heavy atom. The van der Waals surface area contributed by atoms with Crippen molar-refractivity contribution in [1.82, 2.24) is 9.38 Å². The number of aromatic nitrogens is 2. The van der Waals surface area contributed by atoms with Crippen LogP contribution < -0.4 is 5.73 Å². The van der Waals surface area contributed by atoms with Crippen LogP contribution in [0.2, 0.25) is 0 Å². The number of rotatable bonds is 3. The van der Waals surface area contributed by atoms with Gasteiger partial charge in [0.05, 0.1) is 5.69 Å². The zero-order chi connectivity index (χ0) is 10.5. The summed E-state index contributed by atoms with van der Waals surface area (Å²) in [6.07, 6.45) is 8.74. The topological polar surface area (TPSA) is 43.3 Å². The van der Waals surface area contributed by atoms with Gasteiger partial charge in [0.15, 0.2) is 4.96 Å². The van der Waals surface area contributed by atoms with Crippen LogP contribution in [-0.2, 0) is 6.42 Å². The molecule has 0 atom stereocenters. The van der Waals surface area contributed by atoms with E-state index in [1.54, 1.807) is 11.3 Å². The van der Waals surface area contributed by atoms with E-state index < -0.39 is 0 Å². The minimum atomic E-state index is 0.146. The molecule has 15 heavy (non-hydrogen) atoms. The van der Waals surface area contributed by atoms with Crippen LogP contribution in [0, 0.1) is 6.92 Å². The minimum Gasteiger partial charge on any atom is -0.325 e. The smallest absolute Gasteiger partial charge is 0.194 e. The highest BCUT2D eigenvalue weighted by Crippen LogP contribution is 2.36. The molecular formula is C11H15N3S. The van der Waals surface area contributed by atoms with Crippen molar-refractivity contribution in [3.05, 3.63) is 23.0 Å². The van der Waals surface area contributed by atoms with Crippen LogP contribution in [-0.4, -0.2) is 14.9 Å². The number of nitrogens with two attached hydrogens (primary N) is 1. The molecule has 2 heterocycles. The second kappa shape index (κ2) is 3.06. The molecule has 0 unspecified atom stereocenters. The SMILES string of the molecule is Cc1cn2cc(CCC3(N)CC3)nc2s1. The molecular weight excluding hydrogens is 206 g/mol. The Kier molecular flexibility index (Phi) is 1.91. The fraction of sp³-hybridized carbons (Fsp3) is 0.545. The van der Waals surface area contributed by atoms with Crippen molar-refractivity contribution in [2.24, 2.45) is 5.73 Å². The van der Waals surface area contributed by atoms with E-state index in [-0.39, 0.29) is 5.54 Å². The van der Waals surface area contributed by atoms with Gasteiger partial charge in [0.2, 0.25) is 0 Å². The largest absolute Gasteiger partial charge is 0.325 e. The van der Waals surface area contributed by atoms with Crippen molar-refractivity contribution in [3.63, 3.8) is 0 Å². The van der Waals surface area contributed by atoms with Gasteiger partial charge in [0.1, 0.15) is 0 Å². The Labute approximate surface area is 92.9 Å². The van der Waals surface area contributed by atoms with Gasteiger partial charge in [-0.05, 0) is 32.6 Å². The summed E-state index contributed by atoms with van der Waals surface area (Å²) in [5.74, 6) is 0. The first-order valence-corrected chi connectivity index (χ1v) is 6.19. The molecule has 0 amide bonds. The van der Waals surface area contributed by atoms with E-state index in [0.29, 0.717) is 0 Å². The van der Waals surface area contributed by atoms with Crippen molar-refractivity contribution in [2.45, 2.75) is 38.1 Å². The van der Waals surface area contributed by atoms with Gasteiger partial charge in [-0.1, -0.05) is 0 Å². The molecule has 0 radical (unpaired) electrons. The fourth-order valence-corrected chi connectivity index (χ4v) is 2.70. The van der Waals surface area contributed by atoms with Crippen molar-refractivity contribution in [1.29, 1.82) is 0 Å². The number of nitrogens with zero attached hydrogens (tertiary/aromatic N) is 2. The maximum atomic E-state index is 6.06. The van der Waals surface area contributed by atoms with Crippen LogP contribution in [0.15, 0.2) is 12.4 Å². The first kappa shape index (κ1) is 9.36. The lowest BCUT2D eigenvalue weighted by Gasteiger charge is -2.04. The summed E-state index contributed by atoms with van der Waals surface area (Å²) >= 11 is 1.74. The normalized spacial score (nSPS) is 18.5. The third-order valence-electron chi connectivity index (χ3n) is 3.09. The van der Waals surface area contributed by atoms with Gasteiger partial charge >= 0.3 is 0 Å². The van der Waals surface area contributed by atoms with E-state index in [2.05, 4.69) is 28.7 Å². The highest BCUT2D eigenvalue weighted by atomic mass is 32.1. The number of fused-ring (bicyclic) bond motifs is 1. The molecule has 1 fully saturated rings. The van der Waals surface area contributed by atoms with Crippen LogP contribution >= 0.6 is 11.3 Å². The number of thiazole rings is 1. The zero-order valence-corrected chi connectivity index (χ0v) is 9.68. The van der Waals surface area contributed by atoms with Crippen molar-refractivity contribution < 1.29 is 0 Å². The quantitative estimate of drug-likeness (QED) is 0.862. The number of hydrogen-bond acceptors (Lipinski definition) is 3. The standard InChI is InChI=1S/C11H15N3S/c1-8-6-14-7-9(13-10(14)15-8)2-3-11(12)4-5-11/h6-7H,2-5,12H2,1H3. The number of hydrogen-bond donors (Lipinski definition) is 1. The van der Waals surface area contributed by atoms with E-state index in [1.807, 2.05) is 0 Å². The summed E-state index contributed by atoms with van der Waals surface area (Å²) in [5, 5.41) is 0. The summed E-state index contributed by atoms with van der Waals surface area (Å²) in [5.41, 5.74) is 7.38. The number of aryl methyl sites for hydroxylation is 2. The van der Waals surface area contributed by atoms with Crippen molar-refractivity contribution in [3.8, 4) is 0 Å². The Morgan fingerprint density at radius 3 is 3.00 bits per heavy atom. The molecule has 80 valence electrons. The average molecular weight is 221 g/mol. The lowest BCUT2D eigenvalue weighted by atomic mass is 10.1. The second-order valence-electron chi connectivity index (χ2n) is 4.63. The van der Waals surface area contributed by atoms with E-state index in [4.69, 9.17) is 5.73 Å². The first-order valence-electron chi connectivity index (χ1n) is 5.38. The molecule has 1 aliphatic rings. The van der Waals surface area contributed by atoms with Gasteiger partial charge in [0, 0.05) is 22.8 Å². The molecule has 4 heteroatoms. The monoisotopic (exact) mass is 221 g/mol. The van der Waals surface area contributed by atoms with Crippen LogP contribution in [0.25, 0.3) is 4.96 Å². The summed E-state index contributed by atoms with van der Waals surface area (Å²) in [4.78, 5) is 7.00. The molecule has 0 aliphatic heterocycles. The molecule has 0 bridgehead atoms. The van der Waals surface area contributed by atoms with Crippen LogP contribution in [0.1, 0.15) is 29.8 Å². The summed E-state index contributed by atoms with van der Waals surface area (Å²) in [6, 6.07) is 0. The highest BCUT2D eigenvalue weighted by molar-refractivity contribution is 7.16. The van der Waals surface area contributed by atoms with Gasteiger partial charge in [-0.25, -0.2) is 4.98 Å². The van der Waals surface area contributed by atoms with Gasteiger partial charge in [-0.15, -0.1) is 11.3 Å². The summed E-state index contributed by atoms with van der Waals surface area (Å²) in [6.45, 7) is 2.11. The summed E-state index contributed by atoms with van der Waals surface area (Å²) < 4.78 is 2.12. The van der Waals surface area contributed by atoms with Gasteiger partial charge in [0.25, 0.3) is 0 Å². The predicted octanol–water partition coefficient (Wildman–Crippen LogP) is 2.13. The third kappa shape index (κ3) is 1.79. The fourth-order valence-electron chi connectivity index (χ4n) is 1.87. The summed E-state index contributed by atoms with van der Waals surface area (Å²) in [7, 11) is 0. The molecule has 3 rings (SSSR count). The maximum absolute atomic E-state index is 6.06. The Balaban J connectivity index is 1.77. The molecule has 0 saturated heterocycles. The van der Waals surface area contributed by atoms with Gasteiger partial charge < -0.3 is 5.73 Å². The van der Waals surface area contributed by atoms with Crippen LogP contribution in [0.4, 0.5) is 0 Å². The highest BCUT2D eigenvalue weighted by Gasteiger charge is 2.37. The van der Waals surface area contributed by atoms with Gasteiger partial charge in [-0.2, -0.15) is 0 Å². The Bertz CT molecular complexity index is 461. The first-order chi connectivity index (χ1) is 7.15. The van der Waals surface area contributed by atoms with E-state index in [9.17, 15) is 0 Å². The molecule has 3 nitrogen and oxygen atoms in total. The van der Waals surface area contributed by atoms with E-state index >= 15 is 0 Å². The molecule has 1 aliphatic carbocycles. The van der Waals surface area contributed by atoms with Crippen LogP contribution in [0.3, 0.4) is 0 Å². The second-order valence-corrected chi connectivity index (χ2v) is 5.84. The molecule has 0 aromatic carbocycles. The van der Waals surface area contributed by atoms with Crippen LogP contribution in [0.5, 0.6) is 0 Å². The van der Waals surface area contributed by atoms with Gasteiger partial charge in [-0.3, -0.25) is 4.40 Å². The zero-order valence-electron chi connectivity index (χ0n) is 8.86. The Hall–Kier alpha value is -0.870. The predicted molar refractivity (Wildman–Crippen MR) is 62.3 cm³/mol. The third-order valence-corrected chi connectivity index (χ3v) is 4.00. The molecule has 2 aromatic rings. The molecule has 2 N–H and O–H groups in total. The lowest BCUT2D eigenvalue weighted by Crippen LogP contribution is -2.22. The lowest BCUT2D eigenvalue weighted by molar-refractivity contribution is 0.604. The van der Waals surface area contributed by atoms with Crippen molar-refractivity contribution >= 4 is 16.3 Å². The van der Waals surface area contributed by atoms with E-state index in [1.165, 1.54) is 23.4 Å². The molecule has 1 saturated carbocycles. The van der Waals surface area contributed by atoms with Crippen molar-refractivity contribution in [2.75, 3.05) is 0 Å². The average Bonchev–Trinajstić information content (AvgIpc) is 2.64. The van der Waals surface area contributed by atoms with E-state index in [0.717, 1.165) is 17.8 Å². The minimum absolute atomic E-state index is 0.146. The number of imidazole rings is 1. The maximum Gasteiger partial charge on any atom is 0.194 e. The Morgan fingerprint density at radius 1 is 1.53 bits per heavy atom.